The molecule has 126 valence electrons. The summed E-state index contributed by atoms with van der Waals surface area (Å²) in [6.07, 6.45) is -0.656. The Kier molecular flexibility index (Phi) is 4.58. The highest BCUT2D eigenvalue weighted by Crippen LogP contribution is 2.31. The fourth-order valence-electron chi connectivity index (χ4n) is 2.40. The second-order valence-electron chi connectivity index (χ2n) is 6.57. The van der Waals surface area contributed by atoms with Gasteiger partial charge in [-0.1, -0.05) is 0 Å². The molecule has 1 heterocycles. The zero-order valence-corrected chi connectivity index (χ0v) is 13.6. The lowest BCUT2D eigenvalue weighted by Crippen LogP contribution is -2.34. The molecular formula is C16H20F2N2O3. The minimum Gasteiger partial charge on any atom is -0.443 e. The van der Waals surface area contributed by atoms with Crippen molar-refractivity contribution in [1.29, 1.82) is 0 Å². The Morgan fingerprint density at radius 3 is 2.30 bits per heavy atom. The topological polar surface area (TPSA) is 58.6 Å². The van der Waals surface area contributed by atoms with Crippen LogP contribution in [0.1, 0.15) is 38.7 Å². The van der Waals surface area contributed by atoms with E-state index >= 15 is 0 Å². The van der Waals surface area contributed by atoms with Gasteiger partial charge in [0, 0.05) is 31.5 Å². The molecule has 7 heteroatoms. The summed E-state index contributed by atoms with van der Waals surface area (Å²) in [7, 11) is 1.38. The van der Waals surface area contributed by atoms with Crippen LogP contribution in [0.4, 0.5) is 19.3 Å². The summed E-state index contributed by atoms with van der Waals surface area (Å²) in [5, 5.41) is 2.55. The van der Waals surface area contributed by atoms with E-state index < -0.39 is 29.2 Å². The number of nitrogens with zero attached hydrogens (tertiary/aromatic N) is 1. The van der Waals surface area contributed by atoms with Crippen LogP contribution in [-0.2, 0) is 9.53 Å². The largest absolute Gasteiger partial charge is 0.443 e. The zero-order chi connectivity index (χ0) is 17.4. The fraction of sp³-hybridized carbons (Fsp3) is 0.500. The molecule has 0 unspecified atom stereocenters. The zero-order valence-electron chi connectivity index (χ0n) is 13.6. The van der Waals surface area contributed by atoms with Crippen molar-refractivity contribution in [3.8, 4) is 0 Å². The van der Waals surface area contributed by atoms with Gasteiger partial charge >= 0.3 is 6.09 Å². The summed E-state index contributed by atoms with van der Waals surface area (Å²) in [6, 6.07) is 2.15. The second kappa shape index (κ2) is 6.14. The van der Waals surface area contributed by atoms with Crippen molar-refractivity contribution in [2.24, 2.45) is 0 Å². The maximum atomic E-state index is 14.3. The van der Waals surface area contributed by atoms with Crippen LogP contribution in [0.2, 0.25) is 0 Å². The van der Waals surface area contributed by atoms with E-state index in [0.717, 1.165) is 17.0 Å². The van der Waals surface area contributed by atoms with Gasteiger partial charge in [0.1, 0.15) is 17.2 Å². The summed E-state index contributed by atoms with van der Waals surface area (Å²) in [6.45, 7) is 5.31. The Labute approximate surface area is 133 Å². The van der Waals surface area contributed by atoms with Crippen LogP contribution >= 0.6 is 0 Å². The van der Waals surface area contributed by atoms with Crippen LogP contribution in [0.15, 0.2) is 12.1 Å². The molecule has 1 aromatic carbocycles. The fourth-order valence-corrected chi connectivity index (χ4v) is 2.40. The van der Waals surface area contributed by atoms with E-state index in [4.69, 9.17) is 4.74 Å². The van der Waals surface area contributed by atoms with Gasteiger partial charge in [-0.25, -0.2) is 13.6 Å². The molecule has 0 spiro atoms. The van der Waals surface area contributed by atoms with Gasteiger partial charge in [-0.15, -0.1) is 0 Å². The molecule has 0 radical (unpaired) electrons. The van der Waals surface area contributed by atoms with Gasteiger partial charge in [0.05, 0.1) is 5.69 Å². The molecular weight excluding hydrogens is 306 g/mol. The molecule has 0 aliphatic carbocycles. The third-order valence-electron chi connectivity index (χ3n) is 3.50. The van der Waals surface area contributed by atoms with Crippen molar-refractivity contribution in [3.05, 3.63) is 29.3 Å². The van der Waals surface area contributed by atoms with Crippen molar-refractivity contribution in [1.82, 2.24) is 5.32 Å². The molecule has 1 N–H and O–H groups in total. The summed E-state index contributed by atoms with van der Waals surface area (Å²) < 4.78 is 33.8. The molecule has 0 aromatic heterocycles. The molecule has 5 nitrogen and oxygen atoms in total. The lowest BCUT2D eigenvalue weighted by Gasteiger charge is -2.25. The molecule has 0 saturated carbocycles. The van der Waals surface area contributed by atoms with Crippen LogP contribution in [0, 0.1) is 11.6 Å². The summed E-state index contributed by atoms with van der Waals surface area (Å²) in [4.78, 5) is 24.2. The number of anilines is 1. The number of hydrogen-bond acceptors (Lipinski definition) is 3. The number of carbonyl (C=O) groups is 2. The van der Waals surface area contributed by atoms with Crippen LogP contribution in [0.3, 0.4) is 0 Å². The van der Waals surface area contributed by atoms with Gasteiger partial charge in [-0.2, -0.15) is 0 Å². The third-order valence-corrected chi connectivity index (χ3v) is 3.50. The smallest absolute Gasteiger partial charge is 0.414 e. The summed E-state index contributed by atoms with van der Waals surface area (Å²) in [5.74, 6) is -2.33. The van der Waals surface area contributed by atoms with Crippen molar-refractivity contribution >= 4 is 17.7 Å². The molecule has 1 saturated heterocycles. The van der Waals surface area contributed by atoms with Crippen molar-refractivity contribution in [2.75, 3.05) is 18.5 Å². The highest BCUT2D eigenvalue weighted by Gasteiger charge is 2.29. The molecule has 1 aliphatic heterocycles. The van der Waals surface area contributed by atoms with Crippen LogP contribution in [0.5, 0.6) is 0 Å². The highest BCUT2D eigenvalue weighted by atomic mass is 19.1. The molecule has 1 atom stereocenters. The third kappa shape index (κ3) is 3.97. The average molecular weight is 326 g/mol. The minimum atomic E-state index is -0.781. The van der Waals surface area contributed by atoms with Gasteiger partial charge in [0.25, 0.3) is 0 Å². The molecule has 2 amide bonds. The van der Waals surface area contributed by atoms with Gasteiger partial charge in [0.15, 0.2) is 0 Å². The Morgan fingerprint density at radius 2 is 1.87 bits per heavy atom. The maximum absolute atomic E-state index is 14.3. The lowest BCUT2D eigenvalue weighted by molar-refractivity contribution is -0.119. The predicted octanol–water partition coefficient (Wildman–Crippen LogP) is 2.94. The van der Waals surface area contributed by atoms with Gasteiger partial charge in [-0.05, 0) is 32.9 Å². The number of rotatable bonds is 2. The number of benzene rings is 1. The molecule has 1 fully saturated rings. The average Bonchev–Trinajstić information content (AvgIpc) is 2.81. The van der Waals surface area contributed by atoms with Gasteiger partial charge in [0.2, 0.25) is 5.91 Å². The lowest BCUT2D eigenvalue weighted by atomic mass is 9.96. The highest BCUT2D eigenvalue weighted by molar-refractivity contribution is 5.87. The first-order chi connectivity index (χ1) is 10.6. The van der Waals surface area contributed by atoms with Crippen LogP contribution < -0.4 is 10.2 Å². The standard InChI is InChI=1S/C16H20F2N2O3/c1-16(2,3)23-15(22)20(4)10-6-11(17)14(12(18)7-10)9-5-13(21)19-8-9/h6-7,9H,5,8H2,1-4H3,(H,19,21)/t9-/m0/s1. The van der Waals surface area contributed by atoms with Crippen molar-refractivity contribution in [2.45, 2.75) is 38.7 Å². The quantitative estimate of drug-likeness (QED) is 0.909. The van der Waals surface area contributed by atoms with E-state index in [0.29, 0.717) is 0 Å². The van der Waals surface area contributed by atoms with E-state index in [1.807, 2.05) is 0 Å². The van der Waals surface area contributed by atoms with Crippen LogP contribution in [0.25, 0.3) is 0 Å². The van der Waals surface area contributed by atoms with Gasteiger partial charge in [-0.3, -0.25) is 9.69 Å². The minimum absolute atomic E-state index is 0.0507. The normalized spacial score (nSPS) is 17.8. The second-order valence-corrected chi connectivity index (χ2v) is 6.57. The van der Waals surface area contributed by atoms with E-state index in [-0.39, 0.29) is 30.1 Å². The Morgan fingerprint density at radius 1 is 1.30 bits per heavy atom. The predicted molar refractivity (Wildman–Crippen MR) is 81.4 cm³/mol. The SMILES string of the molecule is CN(C(=O)OC(C)(C)C)c1cc(F)c([C@@H]2CNC(=O)C2)c(F)c1. The number of hydrogen-bond donors (Lipinski definition) is 1. The number of nitrogens with one attached hydrogen (secondary N) is 1. The molecule has 0 bridgehead atoms. The number of halogens is 2. The van der Waals surface area contributed by atoms with Crippen molar-refractivity contribution < 1.29 is 23.1 Å². The Bertz CT molecular complexity index is 618. The van der Waals surface area contributed by atoms with E-state index in [1.54, 1.807) is 20.8 Å². The first-order valence-corrected chi connectivity index (χ1v) is 7.31. The Balaban J connectivity index is 2.25. The molecule has 2 rings (SSSR count). The molecule has 23 heavy (non-hydrogen) atoms. The number of carbonyl (C=O) groups excluding carboxylic acids is 2. The summed E-state index contributed by atoms with van der Waals surface area (Å²) in [5.41, 5.74) is -0.793. The van der Waals surface area contributed by atoms with E-state index in [2.05, 4.69) is 5.32 Å². The van der Waals surface area contributed by atoms with Crippen LogP contribution in [-0.4, -0.2) is 31.2 Å². The Hall–Kier alpha value is -2.18. The molecule has 1 aromatic rings. The number of ether oxygens (including phenoxy) is 1. The first-order valence-electron chi connectivity index (χ1n) is 7.31. The monoisotopic (exact) mass is 326 g/mol. The molecule has 1 aliphatic rings. The first kappa shape index (κ1) is 17.2. The summed E-state index contributed by atoms with van der Waals surface area (Å²) >= 11 is 0. The van der Waals surface area contributed by atoms with E-state index in [9.17, 15) is 18.4 Å². The maximum Gasteiger partial charge on any atom is 0.414 e. The van der Waals surface area contributed by atoms with E-state index in [1.165, 1.54) is 7.05 Å². The number of amides is 2. The van der Waals surface area contributed by atoms with Gasteiger partial charge < -0.3 is 10.1 Å². The van der Waals surface area contributed by atoms with Crippen molar-refractivity contribution in [3.63, 3.8) is 0 Å².